The smallest absolute Gasteiger partial charge is 0.0715 e. The third-order valence-corrected chi connectivity index (χ3v) is 4.87. The Labute approximate surface area is 93.2 Å². The number of rotatable bonds is 2. The Kier molecular flexibility index (Phi) is 3.36. The van der Waals surface area contributed by atoms with Gasteiger partial charge in [0.25, 0.3) is 0 Å². The molecule has 3 N–H and O–H groups in total. The lowest BCUT2D eigenvalue weighted by molar-refractivity contribution is -0.0840. The molecular formula is C13H25NO. The van der Waals surface area contributed by atoms with E-state index in [1.807, 2.05) is 0 Å². The molecule has 0 aliphatic heterocycles. The van der Waals surface area contributed by atoms with E-state index in [2.05, 4.69) is 0 Å². The van der Waals surface area contributed by atoms with Crippen LogP contribution in [0.1, 0.15) is 64.2 Å². The molecule has 0 saturated heterocycles. The van der Waals surface area contributed by atoms with Crippen LogP contribution in [0.15, 0.2) is 0 Å². The van der Waals surface area contributed by atoms with Crippen molar-refractivity contribution in [3.05, 3.63) is 0 Å². The average molecular weight is 211 g/mol. The highest BCUT2D eigenvalue weighted by Crippen LogP contribution is 2.50. The second-order valence-corrected chi connectivity index (χ2v) is 5.64. The van der Waals surface area contributed by atoms with Gasteiger partial charge in [-0.25, -0.2) is 0 Å². The fourth-order valence-electron chi connectivity index (χ4n) is 3.76. The molecule has 2 rings (SSSR count). The van der Waals surface area contributed by atoms with Gasteiger partial charge in [-0.1, -0.05) is 38.5 Å². The molecule has 0 spiro atoms. The molecule has 2 fully saturated rings. The first kappa shape index (κ1) is 11.4. The summed E-state index contributed by atoms with van der Waals surface area (Å²) in [7, 11) is 0. The molecule has 0 unspecified atom stereocenters. The van der Waals surface area contributed by atoms with Crippen molar-refractivity contribution in [3.8, 4) is 0 Å². The van der Waals surface area contributed by atoms with E-state index >= 15 is 0 Å². The maximum Gasteiger partial charge on any atom is 0.0715 e. The highest BCUT2D eigenvalue weighted by Gasteiger charge is 2.49. The van der Waals surface area contributed by atoms with Crippen LogP contribution in [-0.2, 0) is 0 Å². The molecule has 0 heterocycles. The van der Waals surface area contributed by atoms with Crippen LogP contribution < -0.4 is 5.73 Å². The zero-order valence-corrected chi connectivity index (χ0v) is 9.80. The number of nitrogens with two attached hydrogens (primary N) is 1. The van der Waals surface area contributed by atoms with Crippen molar-refractivity contribution in [1.82, 2.24) is 0 Å². The lowest BCUT2D eigenvalue weighted by Crippen LogP contribution is -2.50. The predicted molar refractivity (Wildman–Crippen MR) is 62.6 cm³/mol. The van der Waals surface area contributed by atoms with Crippen molar-refractivity contribution in [2.45, 2.75) is 69.8 Å². The maximum absolute atomic E-state index is 10.8. The Hall–Kier alpha value is -0.0800. The summed E-state index contributed by atoms with van der Waals surface area (Å²) < 4.78 is 0. The van der Waals surface area contributed by atoms with Crippen LogP contribution >= 0.6 is 0 Å². The van der Waals surface area contributed by atoms with E-state index in [9.17, 15) is 5.11 Å². The number of hydrogen-bond acceptors (Lipinski definition) is 2. The van der Waals surface area contributed by atoms with Crippen LogP contribution in [0.4, 0.5) is 0 Å². The standard InChI is InChI=1S/C13H25NO/c14-11-12(7-3-1-2-4-8-12)13(15)9-5-6-10-13/h15H,1-11,14H2. The highest BCUT2D eigenvalue weighted by atomic mass is 16.3. The normalized spacial score (nSPS) is 30.0. The first-order valence-electron chi connectivity index (χ1n) is 6.65. The molecule has 0 radical (unpaired) electrons. The quantitative estimate of drug-likeness (QED) is 0.690. The molecule has 2 aliphatic rings. The van der Waals surface area contributed by atoms with Gasteiger partial charge in [0.1, 0.15) is 0 Å². The van der Waals surface area contributed by atoms with Crippen LogP contribution in [0.3, 0.4) is 0 Å². The van der Waals surface area contributed by atoms with Crippen LogP contribution in [0.25, 0.3) is 0 Å². The second-order valence-electron chi connectivity index (χ2n) is 5.64. The Morgan fingerprint density at radius 2 is 1.27 bits per heavy atom. The SMILES string of the molecule is NCC1(C2(O)CCCC2)CCCCCC1. The summed E-state index contributed by atoms with van der Waals surface area (Å²) in [6.07, 6.45) is 11.9. The van der Waals surface area contributed by atoms with Gasteiger partial charge in [-0.3, -0.25) is 0 Å². The summed E-state index contributed by atoms with van der Waals surface area (Å²) in [5, 5.41) is 10.8. The third kappa shape index (κ3) is 1.94. The first-order valence-corrected chi connectivity index (χ1v) is 6.65. The summed E-state index contributed by atoms with van der Waals surface area (Å²) in [6, 6.07) is 0. The van der Waals surface area contributed by atoms with E-state index in [-0.39, 0.29) is 5.41 Å². The van der Waals surface area contributed by atoms with E-state index < -0.39 is 5.60 Å². The molecule has 2 saturated carbocycles. The topological polar surface area (TPSA) is 46.2 Å². The zero-order chi connectivity index (χ0) is 10.8. The summed E-state index contributed by atoms with van der Waals surface area (Å²) in [6.45, 7) is 0.684. The van der Waals surface area contributed by atoms with E-state index in [4.69, 9.17) is 5.73 Å². The van der Waals surface area contributed by atoms with Crippen LogP contribution in [0.2, 0.25) is 0 Å². The molecular weight excluding hydrogens is 186 g/mol. The van der Waals surface area contributed by atoms with Crippen molar-refractivity contribution < 1.29 is 5.11 Å². The zero-order valence-electron chi connectivity index (χ0n) is 9.80. The van der Waals surface area contributed by atoms with Crippen molar-refractivity contribution in [2.75, 3.05) is 6.54 Å². The van der Waals surface area contributed by atoms with Gasteiger partial charge in [-0.2, -0.15) is 0 Å². The maximum atomic E-state index is 10.8. The molecule has 88 valence electrons. The molecule has 0 amide bonds. The lowest BCUT2D eigenvalue weighted by atomic mass is 9.66. The second kappa shape index (κ2) is 4.42. The largest absolute Gasteiger partial charge is 0.389 e. The van der Waals surface area contributed by atoms with Crippen molar-refractivity contribution in [2.24, 2.45) is 11.1 Å². The average Bonchev–Trinajstić information content (AvgIpc) is 2.57. The van der Waals surface area contributed by atoms with Gasteiger partial charge in [-0.05, 0) is 25.7 Å². The van der Waals surface area contributed by atoms with Crippen molar-refractivity contribution >= 4 is 0 Å². The molecule has 0 bridgehead atoms. The van der Waals surface area contributed by atoms with E-state index in [0.29, 0.717) is 6.54 Å². The van der Waals surface area contributed by atoms with Gasteiger partial charge < -0.3 is 10.8 Å². The molecule has 2 nitrogen and oxygen atoms in total. The van der Waals surface area contributed by atoms with E-state index in [1.54, 1.807) is 0 Å². The Morgan fingerprint density at radius 1 is 0.800 bits per heavy atom. The number of hydrogen-bond donors (Lipinski definition) is 2. The Bertz CT molecular complexity index is 201. The molecule has 0 aromatic heterocycles. The Morgan fingerprint density at radius 3 is 1.73 bits per heavy atom. The molecule has 0 aromatic carbocycles. The molecule has 0 aromatic rings. The molecule has 2 heteroatoms. The first-order chi connectivity index (χ1) is 7.22. The summed E-state index contributed by atoms with van der Waals surface area (Å²) in [5.41, 5.74) is 5.64. The minimum atomic E-state index is -0.425. The van der Waals surface area contributed by atoms with Crippen molar-refractivity contribution in [1.29, 1.82) is 0 Å². The third-order valence-electron chi connectivity index (χ3n) is 4.87. The van der Waals surface area contributed by atoms with Crippen LogP contribution in [-0.4, -0.2) is 17.3 Å². The molecule has 15 heavy (non-hydrogen) atoms. The summed E-state index contributed by atoms with van der Waals surface area (Å²) in [4.78, 5) is 0. The van der Waals surface area contributed by atoms with Gasteiger partial charge >= 0.3 is 0 Å². The van der Waals surface area contributed by atoms with Gasteiger partial charge in [0.05, 0.1) is 5.60 Å². The van der Waals surface area contributed by atoms with Gasteiger partial charge in [0, 0.05) is 12.0 Å². The summed E-state index contributed by atoms with van der Waals surface area (Å²) in [5.74, 6) is 0. The highest BCUT2D eigenvalue weighted by molar-refractivity contribution is 5.02. The van der Waals surface area contributed by atoms with Gasteiger partial charge in [0.2, 0.25) is 0 Å². The van der Waals surface area contributed by atoms with Gasteiger partial charge in [-0.15, -0.1) is 0 Å². The number of aliphatic hydroxyl groups is 1. The van der Waals surface area contributed by atoms with Gasteiger partial charge in [0.15, 0.2) is 0 Å². The van der Waals surface area contributed by atoms with Crippen LogP contribution in [0, 0.1) is 5.41 Å². The minimum Gasteiger partial charge on any atom is -0.389 e. The fraction of sp³-hybridized carbons (Fsp3) is 1.00. The predicted octanol–water partition coefficient (Wildman–Crippen LogP) is 2.59. The summed E-state index contributed by atoms with van der Waals surface area (Å²) >= 11 is 0. The Balaban J connectivity index is 2.17. The molecule has 2 aliphatic carbocycles. The van der Waals surface area contributed by atoms with E-state index in [0.717, 1.165) is 25.7 Å². The fourth-order valence-corrected chi connectivity index (χ4v) is 3.76. The van der Waals surface area contributed by atoms with Crippen molar-refractivity contribution in [3.63, 3.8) is 0 Å². The minimum absolute atomic E-state index is 0.0556. The lowest BCUT2D eigenvalue weighted by Gasteiger charge is -2.45. The molecule has 0 atom stereocenters. The monoisotopic (exact) mass is 211 g/mol. The van der Waals surface area contributed by atoms with Crippen LogP contribution in [0.5, 0.6) is 0 Å². The van der Waals surface area contributed by atoms with E-state index in [1.165, 1.54) is 38.5 Å².